The Balaban J connectivity index is 0.00000507. The molecule has 3 rings (SSSR count). The van der Waals surface area contributed by atoms with Crippen LogP contribution in [0.5, 0.6) is 23.0 Å². The van der Waals surface area contributed by atoms with Gasteiger partial charge in [-0.05, 0) is 95.3 Å². The highest BCUT2D eigenvalue weighted by Crippen LogP contribution is 2.40. The smallest absolute Gasteiger partial charge is 0.278 e. The third-order valence-electron chi connectivity index (χ3n) is 6.94. The summed E-state index contributed by atoms with van der Waals surface area (Å²) >= 11 is 0. The van der Waals surface area contributed by atoms with Crippen LogP contribution >= 0.6 is 0 Å². The van der Waals surface area contributed by atoms with Gasteiger partial charge in [-0.25, -0.2) is 0 Å². The molecule has 0 bridgehead atoms. The first kappa shape index (κ1) is 32.0. The fraction of sp³-hybridized carbons (Fsp3) is 0.567. The Kier molecular flexibility index (Phi) is 13.0. The number of carbonyl (C=O) groups is 1. The van der Waals surface area contributed by atoms with Crippen molar-refractivity contribution >= 4 is 5.91 Å². The molecule has 1 heterocycles. The van der Waals surface area contributed by atoms with Gasteiger partial charge in [0.1, 0.15) is 0 Å². The Hall–Kier alpha value is -2.20. The van der Waals surface area contributed by atoms with E-state index in [0.717, 1.165) is 40.5 Å². The molecule has 7 nitrogen and oxygen atoms in total. The zero-order valence-electron chi connectivity index (χ0n) is 24.1. The number of hydrogen-bond donors (Lipinski definition) is 1. The van der Waals surface area contributed by atoms with E-state index in [2.05, 4.69) is 50.1 Å². The summed E-state index contributed by atoms with van der Waals surface area (Å²) in [5, 5.41) is 0. The molecule has 2 unspecified atom stereocenters. The summed E-state index contributed by atoms with van der Waals surface area (Å²) in [5.74, 6) is 3.15. The van der Waals surface area contributed by atoms with Gasteiger partial charge in [0, 0.05) is 6.54 Å². The molecule has 0 aliphatic carbocycles. The van der Waals surface area contributed by atoms with Gasteiger partial charge in [-0.3, -0.25) is 4.79 Å². The van der Waals surface area contributed by atoms with Gasteiger partial charge in [0.15, 0.2) is 29.5 Å². The quantitative estimate of drug-likeness (QED) is 0.330. The normalized spacial score (nSPS) is 15.4. The lowest BCUT2D eigenvalue weighted by Gasteiger charge is -2.38. The Morgan fingerprint density at radius 2 is 1.45 bits per heavy atom. The Morgan fingerprint density at radius 1 is 0.895 bits per heavy atom. The van der Waals surface area contributed by atoms with E-state index in [1.165, 1.54) is 10.5 Å². The summed E-state index contributed by atoms with van der Waals surface area (Å²) in [5.41, 5.74) is 3.43. The van der Waals surface area contributed by atoms with Crippen LogP contribution in [0.1, 0.15) is 64.3 Å². The van der Waals surface area contributed by atoms with E-state index in [4.69, 9.17) is 18.9 Å². The number of nitrogens with zero attached hydrogens (tertiary/aromatic N) is 1. The maximum atomic E-state index is 13.6. The second-order valence-electron chi connectivity index (χ2n) is 9.75. The van der Waals surface area contributed by atoms with Crippen LogP contribution in [0.25, 0.3) is 0 Å². The number of ether oxygens (including phenoxy) is 4. The average molecular weight is 641 g/mol. The highest BCUT2D eigenvalue weighted by atomic mass is 127. The molecule has 2 aromatic rings. The van der Waals surface area contributed by atoms with E-state index in [9.17, 15) is 4.79 Å². The minimum atomic E-state index is -0.112. The monoisotopic (exact) mass is 640 g/mol. The molecule has 0 aromatic heterocycles. The lowest BCUT2D eigenvalue weighted by atomic mass is 9.88. The highest BCUT2D eigenvalue weighted by Gasteiger charge is 2.34. The van der Waals surface area contributed by atoms with E-state index in [1.807, 2.05) is 33.8 Å². The van der Waals surface area contributed by atoms with E-state index in [-0.39, 0.29) is 35.9 Å². The molecule has 38 heavy (non-hydrogen) atoms. The first-order chi connectivity index (χ1) is 17.8. The Bertz CT molecular complexity index is 1050. The molecule has 2 atom stereocenters. The average Bonchev–Trinajstić information content (AvgIpc) is 2.86. The van der Waals surface area contributed by atoms with Crippen molar-refractivity contribution < 1.29 is 52.6 Å². The van der Waals surface area contributed by atoms with Crippen LogP contribution in [0.15, 0.2) is 30.3 Å². The van der Waals surface area contributed by atoms with Crippen LogP contribution in [0.2, 0.25) is 0 Å². The minimum absolute atomic E-state index is 0. The van der Waals surface area contributed by atoms with Crippen LogP contribution < -0.4 is 47.8 Å². The largest absolute Gasteiger partial charge is 1.00 e. The number of fused-ring (bicyclic) bond motifs is 1. The molecule has 0 saturated heterocycles. The summed E-state index contributed by atoms with van der Waals surface area (Å²) in [4.78, 5) is 16.9. The topological polar surface area (TPSA) is 61.7 Å². The lowest BCUT2D eigenvalue weighted by Crippen LogP contribution is -3.13. The molecule has 0 radical (unpaired) electrons. The van der Waals surface area contributed by atoms with Gasteiger partial charge in [0.25, 0.3) is 5.91 Å². The number of quaternary nitrogens is 1. The second kappa shape index (κ2) is 15.4. The van der Waals surface area contributed by atoms with Gasteiger partial charge in [-0.15, -0.1) is 0 Å². The van der Waals surface area contributed by atoms with Crippen LogP contribution in [0, 0.1) is 0 Å². The number of likely N-dealkylation sites (N-methyl/N-ethyl adjacent to an activating group) is 1. The fourth-order valence-corrected chi connectivity index (χ4v) is 4.75. The number of nitrogens with one attached hydrogen (secondary N) is 1. The number of amides is 1. The zero-order valence-corrected chi connectivity index (χ0v) is 26.2. The Morgan fingerprint density at radius 3 is 2.03 bits per heavy atom. The van der Waals surface area contributed by atoms with Gasteiger partial charge in [0.05, 0.1) is 45.6 Å². The molecule has 0 spiro atoms. The number of benzene rings is 2. The standard InChI is InChI=1S/C30H44N2O5.HI/c1-8-34-26-13-12-22(17-27(26)35-9-2)16-25-24-19-29(37-11-4)28(36-10-3)18-23(24)14-15-32(25)30(33)20-31(7)21(5)6;/h12-13,17-19,21,25H,8-11,14-16,20H2,1-7H3;1H. The van der Waals surface area contributed by atoms with Crippen LogP contribution in [0.3, 0.4) is 0 Å². The molecule has 1 aliphatic heterocycles. The SMILES string of the molecule is CCOc1ccc(CC2c3cc(OCC)c(OCC)cc3CCN2C(=O)C[NH+](C)C(C)C)cc1OCC.[I-]. The summed E-state index contributed by atoms with van der Waals surface area (Å²) in [6, 6.07) is 10.6. The first-order valence-corrected chi connectivity index (χ1v) is 13.7. The van der Waals surface area contributed by atoms with Gasteiger partial charge >= 0.3 is 0 Å². The van der Waals surface area contributed by atoms with Crippen molar-refractivity contribution in [3.05, 3.63) is 47.0 Å². The lowest BCUT2D eigenvalue weighted by molar-refractivity contribution is -0.894. The molecule has 0 saturated carbocycles. The van der Waals surface area contributed by atoms with Gasteiger partial charge in [-0.1, -0.05) is 6.07 Å². The third-order valence-corrected chi connectivity index (χ3v) is 6.94. The van der Waals surface area contributed by atoms with Gasteiger partial charge < -0.3 is 52.7 Å². The van der Waals surface area contributed by atoms with Crippen molar-refractivity contribution in [3.63, 3.8) is 0 Å². The van der Waals surface area contributed by atoms with Gasteiger partial charge in [0.2, 0.25) is 0 Å². The third kappa shape index (κ3) is 7.91. The predicted octanol–water partition coefficient (Wildman–Crippen LogP) is 0.877. The van der Waals surface area contributed by atoms with Crippen molar-refractivity contribution in [3.8, 4) is 23.0 Å². The second-order valence-corrected chi connectivity index (χ2v) is 9.75. The molecule has 1 N–H and O–H groups in total. The molecule has 0 fully saturated rings. The van der Waals surface area contributed by atoms with Crippen molar-refractivity contribution in [1.29, 1.82) is 0 Å². The molecule has 2 aromatic carbocycles. The molecular formula is C30H45IN2O5. The van der Waals surface area contributed by atoms with Crippen molar-refractivity contribution in [2.45, 2.75) is 66.5 Å². The van der Waals surface area contributed by atoms with E-state index < -0.39 is 0 Å². The van der Waals surface area contributed by atoms with Crippen LogP contribution in [-0.2, 0) is 17.6 Å². The maximum Gasteiger partial charge on any atom is 0.278 e. The van der Waals surface area contributed by atoms with Crippen molar-refractivity contribution in [2.24, 2.45) is 0 Å². The summed E-state index contributed by atoms with van der Waals surface area (Å²) in [6.45, 7) is 15.6. The fourth-order valence-electron chi connectivity index (χ4n) is 4.75. The summed E-state index contributed by atoms with van der Waals surface area (Å²) < 4.78 is 23.5. The van der Waals surface area contributed by atoms with E-state index in [0.29, 0.717) is 52.0 Å². The number of rotatable bonds is 13. The zero-order chi connectivity index (χ0) is 26.9. The van der Waals surface area contributed by atoms with Crippen LogP contribution in [-0.4, -0.2) is 63.4 Å². The highest BCUT2D eigenvalue weighted by molar-refractivity contribution is 5.78. The molecule has 1 amide bonds. The number of hydrogen-bond acceptors (Lipinski definition) is 5. The molecule has 1 aliphatic rings. The van der Waals surface area contributed by atoms with E-state index >= 15 is 0 Å². The molecule has 212 valence electrons. The minimum Gasteiger partial charge on any atom is -1.00 e. The van der Waals surface area contributed by atoms with E-state index in [1.54, 1.807) is 0 Å². The number of halogens is 1. The van der Waals surface area contributed by atoms with Crippen LogP contribution in [0.4, 0.5) is 0 Å². The predicted molar refractivity (Wildman–Crippen MR) is 146 cm³/mol. The first-order valence-electron chi connectivity index (χ1n) is 13.7. The van der Waals surface area contributed by atoms with Crippen molar-refractivity contribution in [1.82, 2.24) is 4.90 Å². The molecule has 8 heteroatoms. The number of carbonyl (C=O) groups excluding carboxylic acids is 1. The van der Waals surface area contributed by atoms with Crippen molar-refractivity contribution in [2.75, 3.05) is 46.6 Å². The molecular weight excluding hydrogens is 595 g/mol. The Labute approximate surface area is 245 Å². The maximum absolute atomic E-state index is 13.6. The van der Waals surface area contributed by atoms with Gasteiger partial charge in [-0.2, -0.15) is 0 Å². The summed E-state index contributed by atoms with van der Waals surface area (Å²) in [7, 11) is 2.08. The summed E-state index contributed by atoms with van der Waals surface area (Å²) in [6.07, 6.45) is 1.46.